The van der Waals surface area contributed by atoms with Crippen LogP contribution in [-0.2, 0) is 28.8 Å². The molecule has 4 amide bonds. The van der Waals surface area contributed by atoms with Crippen LogP contribution in [0.5, 0.6) is 0 Å². The standard InChI is InChI=1S/2C23H25N7O2S.2C21H21N7O2S.2CH2O3/c2*1-2-32-17-8-6-16(7-9-17)30-13-19(21(29-30)18-5-3-4-10-24-18)27-22(31)20-14-33-23(28-20)15-11-25-26-12-15;2*29-15-6-4-14(5-7-15)28-11-17(19(27-28)16-3-1-2-8-22-16)25-20(30)18-12-31-21(26-18)13-9-23-24-10-13;2*2-1-4-3/h2*3-5,10-14,16-17H,2,6-9H2,1H3,(H,25,26)(H,27,31);2*1-3,8-12,14-15,29H,4-7H2,(H,23,24)(H,25,30);2*1,3H. The molecule has 0 bridgehead atoms. The number of aromatic amines is 4. The van der Waals surface area contributed by atoms with E-state index in [0.29, 0.717) is 103 Å². The quantitative estimate of drug-likeness (QED) is 0.0136. The molecule has 46 heteroatoms. The third kappa shape index (κ3) is 25.3. The second-order valence-corrected chi connectivity index (χ2v) is 34.8. The number of ether oxygens (including phenoxy) is 2. The molecule has 0 saturated heterocycles. The summed E-state index contributed by atoms with van der Waals surface area (Å²) >= 11 is 5.58. The first kappa shape index (κ1) is 96.0. The number of amides is 4. The monoisotopic (exact) mass is 1920 g/mol. The molecule has 704 valence electrons. The van der Waals surface area contributed by atoms with Crippen molar-refractivity contribution in [3.63, 3.8) is 0 Å². The third-order valence-corrected chi connectivity index (χ3v) is 26.1. The van der Waals surface area contributed by atoms with Crippen LogP contribution in [0.3, 0.4) is 0 Å². The molecule has 0 aliphatic heterocycles. The van der Waals surface area contributed by atoms with Gasteiger partial charge in [-0.05, 0) is 165 Å². The highest BCUT2D eigenvalue weighted by Gasteiger charge is 2.32. The van der Waals surface area contributed by atoms with Crippen molar-refractivity contribution in [1.82, 2.24) is 120 Å². The van der Waals surface area contributed by atoms with Gasteiger partial charge in [-0.15, -0.1) is 45.3 Å². The molecule has 20 rings (SSSR count). The lowest BCUT2D eigenvalue weighted by molar-refractivity contribution is -0.217. The average Bonchev–Trinajstić information content (AvgIpc) is 1.66. The molecule has 16 aromatic rings. The Labute approximate surface area is 792 Å². The molecule has 0 spiro atoms. The fourth-order valence-corrected chi connectivity index (χ4v) is 18.9. The summed E-state index contributed by atoms with van der Waals surface area (Å²) in [6.07, 6.45) is 42.6. The van der Waals surface area contributed by atoms with E-state index >= 15 is 0 Å². The van der Waals surface area contributed by atoms with Gasteiger partial charge in [-0.1, -0.05) is 24.3 Å². The average molecular weight is 1920 g/mol. The van der Waals surface area contributed by atoms with Gasteiger partial charge in [0, 0.05) is 131 Å². The highest BCUT2D eigenvalue weighted by molar-refractivity contribution is 7.14. The summed E-state index contributed by atoms with van der Waals surface area (Å²) in [7, 11) is 0. The van der Waals surface area contributed by atoms with Gasteiger partial charge in [-0.3, -0.25) is 87.8 Å². The Hall–Kier alpha value is -14.6. The maximum atomic E-state index is 13.0. The minimum absolute atomic E-state index is 0.0694. The maximum absolute atomic E-state index is 13.0. The number of thiazole rings is 4. The fourth-order valence-electron chi connectivity index (χ4n) is 15.8. The molecular weight excluding hydrogens is 1830 g/mol. The number of aromatic nitrogens is 24. The van der Waals surface area contributed by atoms with Crippen LogP contribution >= 0.6 is 45.3 Å². The van der Waals surface area contributed by atoms with E-state index in [1.807, 2.05) is 130 Å². The van der Waals surface area contributed by atoms with E-state index in [1.54, 1.807) is 95.9 Å². The van der Waals surface area contributed by atoms with Crippen molar-refractivity contribution < 1.29 is 68.7 Å². The maximum Gasteiger partial charge on any atom is 0.330 e. The molecule has 4 saturated carbocycles. The summed E-state index contributed by atoms with van der Waals surface area (Å²) in [5.74, 6) is -1.17. The first-order chi connectivity index (χ1) is 66.6. The first-order valence-corrected chi connectivity index (χ1v) is 47.2. The summed E-state index contributed by atoms with van der Waals surface area (Å²) in [6, 6.07) is 23.4. The minimum atomic E-state index is -0.304. The molecule has 0 aromatic carbocycles. The van der Waals surface area contributed by atoms with Gasteiger partial charge in [0.2, 0.25) is 0 Å². The smallest absolute Gasteiger partial charge is 0.330 e. The Morgan fingerprint density at radius 3 is 0.809 bits per heavy atom. The molecule has 42 nitrogen and oxygen atoms in total. The Morgan fingerprint density at radius 2 is 0.610 bits per heavy atom. The number of anilines is 4. The molecule has 16 aromatic heterocycles. The number of rotatable bonds is 26. The molecule has 136 heavy (non-hydrogen) atoms. The zero-order valence-electron chi connectivity index (χ0n) is 73.4. The third-order valence-electron chi connectivity index (χ3n) is 22.5. The molecule has 0 unspecified atom stereocenters. The van der Waals surface area contributed by atoms with E-state index in [0.717, 1.165) is 158 Å². The molecule has 0 radical (unpaired) electrons. The molecule has 12 N–H and O–H groups in total. The number of aliphatic hydroxyl groups is 2. The zero-order chi connectivity index (χ0) is 94.5. The minimum Gasteiger partial charge on any atom is -0.393 e. The lowest BCUT2D eigenvalue weighted by Gasteiger charge is -2.28. The van der Waals surface area contributed by atoms with Crippen LogP contribution in [0.4, 0.5) is 22.7 Å². The van der Waals surface area contributed by atoms with Gasteiger partial charge in [0.15, 0.2) is 0 Å². The summed E-state index contributed by atoms with van der Waals surface area (Å²) in [6.45, 7) is 5.43. The van der Waals surface area contributed by atoms with Crippen LogP contribution in [0.2, 0.25) is 0 Å². The van der Waals surface area contributed by atoms with Crippen molar-refractivity contribution in [2.45, 2.75) is 165 Å². The number of pyridine rings is 4. The van der Waals surface area contributed by atoms with Crippen molar-refractivity contribution in [1.29, 1.82) is 0 Å². The van der Waals surface area contributed by atoms with Crippen LogP contribution in [0.15, 0.2) is 193 Å². The summed E-state index contributed by atoms with van der Waals surface area (Å²) in [5, 5.41) is 101. The second kappa shape index (κ2) is 47.8. The van der Waals surface area contributed by atoms with Gasteiger partial charge in [0.25, 0.3) is 23.6 Å². The van der Waals surface area contributed by atoms with E-state index in [1.165, 1.54) is 45.3 Å². The molecule has 4 aliphatic carbocycles. The predicted molar refractivity (Wildman–Crippen MR) is 505 cm³/mol. The lowest BCUT2D eigenvalue weighted by Crippen LogP contribution is -2.24. The Kier molecular flexibility index (Phi) is 33.8. The highest BCUT2D eigenvalue weighted by Crippen LogP contribution is 2.40. The molecule has 0 atom stereocenters. The number of aliphatic hydroxyl groups excluding tert-OH is 2. The summed E-state index contributed by atoms with van der Waals surface area (Å²) < 4.78 is 19.3. The molecule has 4 aliphatic rings. The second-order valence-electron chi connectivity index (χ2n) is 31.4. The van der Waals surface area contributed by atoms with Gasteiger partial charge in [0.1, 0.15) is 65.6 Å². The van der Waals surface area contributed by atoms with Crippen molar-refractivity contribution in [2.75, 3.05) is 34.5 Å². The fraction of sp³-hybridized carbons (Fsp3) is 0.311. The predicted octanol–water partition coefficient (Wildman–Crippen LogP) is 15.4. The number of hydrogen-bond acceptors (Lipinski definition) is 34. The molecule has 4 fully saturated rings. The molecule has 16 heterocycles. The largest absolute Gasteiger partial charge is 0.393 e. The highest BCUT2D eigenvalue weighted by atomic mass is 32.1. The van der Waals surface area contributed by atoms with Crippen molar-refractivity contribution >= 4 is 105 Å². The number of H-pyrrole nitrogens is 4. The Morgan fingerprint density at radius 1 is 0.375 bits per heavy atom. The van der Waals surface area contributed by atoms with E-state index in [4.69, 9.17) is 50.0 Å². The molecular formula is C90H96N28O14S4. The van der Waals surface area contributed by atoms with E-state index < -0.39 is 0 Å². The van der Waals surface area contributed by atoms with Crippen LogP contribution in [0, 0.1) is 0 Å². The number of carbonyl (C=O) groups excluding carboxylic acids is 6. The normalized spacial score (nSPS) is 17.8. The number of hydrogen-bond donors (Lipinski definition) is 12. The number of nitrogens with one attached hydrogen (secondary N) is 8. The van der Waals surface area contributed by atoms with Crippen LogP contribution in [-0.4, -0.2) is 215 Å². The van der Waals surface area contributed by atoms with Crippen LogP contribution in [0.1, 0.15) is 183 Å². The van der Waals surface area contributed by atoms with Gasteiger partial charge >= 0.3 is 12.9 Å². The first-order valence-electron chi connectivity index (χ1n) is 43.7. The number of nitrogens with zero attached hydrogens (tertiary/aromatic N) is 20. The summed E-state index contributed by atoms with van der Waals surface area (Å²) in [4.78, 5) is 111. The Balaban J connectivity index is 0.000000134. The van der Waals surface area contributed by atoms with Gasteiger partial charge in [-0.25, -0.2) is 30.5 Å². The van der Waals surface area contributed by atoms with Crippen molar-refractivity contribution in [3.8, 4) is 87.8 Å². The van der Waals surface area contributed by atoms with Crippen LogP contribution < -0.4 is 21.3 Å². The zero-order valence-corrected chi connectivity index (χ0v) is 76.7. The Bertz CT molecular complexity index is 6010. The van der Waals surface area contributed by atoms with E-state index in [2.05, 4.69) is 112 Å². The lowest BCUT2D eigenvalue weighted by atomic mass is 9.93. The topological polar surface area (TPSA) is 558 Å². The van der Waals surface area contributed by atoms with Crippen molar-refractivity contribution in [3.05, 3.63) is 216 Å². The van der Waals surface area contributed by atoms with Crippen LogP contribution in [0.25, 0.3) is 87.8 Å². The SMILES string of the molecule is CCOC1CCC(n2cc(NC(=O)c3csc(-c4cn[nH]c4)n3)c(-c3ccccn3)n2)CC1.CCOC1CCC(n2cc(NC(=O)c3csc(-c4cn[nH]c4)n3)c(-c3ccccn3)n2)CC1.O=C(Nc1cn(C2CCC(O)CC2)nc1-c1ccccn1)c1csc(-c2cn[nH]c2)n1.O=C(Nc1cn(C2CCC(O)CC2)nc1-c1ccccn1)c1csc(-c2cn[nH]c2)n1.O=COO.O=COO. The summed E-state index contributed by atoms with van der Waals surface area (Å²) in [5.41, 5.74) is 12.5. The van der Waals surface area contributed by atoms with Crippen molar-refractivity contribution in [2.24, 2.45) is 0 Å². The van der Waals surface area contributed by atoms with Gasteiger partial charge in [-0.2, -0.15) is 40.8 Å². The van der Waals surface area contributed by atoms with E-state index in [-0.39, 0.29) is 72.9 Å². The van der Waals surface area contributed by atoms with E-state index in [9.17, 15) is 29.4 Å². The van der Waals surface area contributed by atoms with Gasteiger partial charge in [0.05, 0.1) is 119 Å². The number of carbonyl (C=O) groups is 6. The van der Waals surface area contributed by atoms with Gasteiger partial charge < -0.3 is 50.7 Å².